The monoisotopic (exact) mass is 197 g/mol. The fourth-order valence-corrected chi connectivity index (χ4v) is 0.904. The van der Waals surface area contributed by atoms with Gasteiger partial charge in [0.2, 0.25) is 0 Å². The summed E-state index contributed by atoms with van der Waals surface area (Å²) in [6.07, 6.45) is 0.140. The van der Waals surface area contributed by atoms with Crippen LogP contribution in [0.25, 0.3) is 0 Å². The van der Waals surface area contributed by atoms with Crippen LogP contribution in [0.5, 0.6) is 5.75 Å². The molecule has 0 amide bonds. The Balaban J connectivity index is 3.20. The summed E-state index contributed by atoms with van der Waals surface area (Å²) < 4.78 is 40.6. The molecular formula is C10H12N2O2. The van der Waals surface area contributed by atoms with E-state index in [-0.39, 0.29) is 17.0 Å². The van der Waals surface area contributed by atoms with Crippen LogP contribution in [0.1, 0.15) is 38.0 Å². The Hall–Kier alpha value is -1.60. The summed E-state index contributed by atoms with van der Waals surface area (Å²) >= 11 is 0. The molecular weight excluding hydrogens is 180 g/mol. The number of pyridine rings is 1. The van der Waals surface area contributed by atoms with Crippen LogP contribution in [0.3, 0.4) is 0 Å². The second-order valence-corrected chi connectivity index (χ2v) is 2.60. The van der Waals surface area contributed by atoms with Crippen molar-refractivity contribution in [1.29, 1.82) is 5.26 Å². The second-order valence-electron chi connectivity index (χ2n) is 2.60. The molecule has 14 heavy (non-hydrogen) atoms. The number of aromatic nitrogens is 1. The van der Waals surface area contributed by atoms with Crippen LogP contribution in [0.4, 0.5) is 0 Å². The highest BCUT2D eigenvalue weighted by molar-refractivity contribution is 5.42. The first-order valence-corrected chi connectivity index (χ1v) is 3.85. The maximum absolute atomic E-state index is 9.36. The van der Waals surface area contributed by atoms with Crippen LogP contribution in [-0.4, -0.2) is 16.6 Å². The summed E-state index contributed by atoms with van der Waals surface area (Å²) in [7, 11) is 0. The quantitative estimate of drug-likeness (QED) is 0.795. The van der Waals surface area contributed by atoms with E-state index in [1.54, 1.807) is 6.07 Å². The van der Waals surface area contributed by atoms with E-state index in [0.29, 0.717) is 0 Å². The van der Waals surface area contributed by atoms with Crippen molar-refractivity contribution in [3.63, 3.8) is 0 Å². The van der Waals surface area contributed by atoms with E-state index in [0.717, 1.165) is 12.3 Å². The maximum Gasteiger partial charge on any atom is 0.140 e. The third-order valence-electron chi connectivity index (χ3n) is 1.60. The number of aliphatic hydroxyl groups excluding tert-OH is 1. The molecule has 0 bridgehead atoms. The van der Waals surface area contributed by atoms with Crippen LogP contribution in [0.15, 0.2) is 12.3 Å². The van der Waals surface area contributed by atoms with Gasteiger partial charge in [-0.1, -0.05) is 0 Å². The Morgan fingerprint density at radius 1 is 1.93 bits per heavy atom. The molecule has 1 aromatic rings. The molecule has 1 rings (SSSR count). The lowest BCUT2D eigenvalue weighted by molar-refractivity contribution is 0.193. The molecule has 1 heterocycles. The van der Waals surface area contributed by atoms with Gasteiger partial charge in [-0.2, -0.15) is 5.26 Å². The van der Waals surface area contributed by atoms with Gasteiger partial charge in [-0.3, -0.25) is 4.98 Å². The normalized spacial score (nSPS) is 19.1. The van der Waals surface area contributed by atoms with Crippen molar-refractivity contribution in [3.8, 4) is 11.8 Å². The molecule has 0 spiro atoms. The lowest BCUT2D eigenvalue weighted by Gasteiger charge is -2.08. The minimum Gasteiger partial charge on any atom is -0.492 e. The Kier molecular flexibility index (Phi) is 1.74. The zero-order chi connectivity index (χ0) is 14.8. The Morgan fingerprint density at radius 3 is 3.29 bits per heavy atom. The lowest BCUT2D eigenvalue weighted by atomic mass is 10.2. The zero-order valence-corrected chi connectivity index (χ0v) is 7.48. The van der Waals surface area contributed by atoms with Crippen LogP contribution in [-0.2, 0) is 0 Å². The summed E-state index contributed by atoms with van der Waals surface area (Å²) in [4.78, 5) is 3.79. The predicted octanol–water partition coefficient (Wildman–Crippen LogP) is 1.41. The van der Waals surface area contributed by atoms with Crippen LogP contribution >= 0.6 is 0 Å². The van der Waals surface area contributed by atoms with Gasteiger partial charge in [0.15, 0.2) is 0 Å². The third-order valence-corrected chi connectivity index (χ3v) is 1.60. The highest BCUT2D eigenvalue weighted by Crippen LogP contribution is 2.20. The van der Waals surface area contributed by atoms with Crippen molar-refractivity contribution in [2.24, 2.45) is 0 Å². The minimum absolute atomic E-state index is 0.113. The molecule has 0 aliphatic heterocycles. The zero-order valence-electron chi connectivity index (χ0n) is 12.5. The fourth-order valence-electron chi connectivity index (χ4n) is 0.904. The van der Waals surface area contributed by atoms with Crippen molar-refractivity contribution in [2.45, 2.75) is 19.9 Å². The third kappa shape index (κ3) is 2.21. The van der Waals surface area contributed by atoms with E-state index in [2.05, 4.69) is 4.98 Å². The number of nitriles is 1. The average Bonchev–Trinajstić information content (AvgIpc) is 2.26. The van der Waals surface area contributed by atoms with Crippen molar-refractivity contribution in [2.75, 3.05) is 6.56 Å². The van der Waals surface area contributed by atoms with E-state index >= 15 is 0 Å². The molecule has 1 N–H and O–H groups in total. The molecule has 4 heteroatoms. The van der Waals surface area contributed by atoms with Gasteiger partial charge in [-0.25, -0.2) is 0 Å². The Morgan fingerprint density at radius 2 is 2.71 bits per heavy atom. The largest absolute Gasteiger partial charge is 0.492 e. The lowest BCUT2D eigenvalue weighted by Crippen LogP contribution is -2.00. The second kappa shape index (κ2) is 4.58. The maximum atomic E-state index is 9.36. The summed E-state index contributed by atoms with van der Waals surface area (Å²) in [5.74, 6) is -0.269. The summed E-state index contributed by atoms with van der Waals surface area (Å²) in [6, 6.07) is 2.86. The average molecular weight is 197 g/mol. The topological polar surface area (TPSA) is 66.1 Å². The molecule has 74 valence electrons. The van der Waals surface area contributed by atoms with Crippen LogP contribution < -0.4 is 4.74 Å². The van der Waals surface area contributed by atoms with Gasteiger partial charge < -0.3 is 9.84 Å². The smallest absolute Gasteiger partial charge is 0.140 e. The first kappa shape index (κ1) is 5.32. The highest BCUT2D eigenvalue weighted by Gasteiger charge is 2.08. The molecule has 1 unspecified atom stereocenters. The summed E-state index contributed by atoms with van der Waals surface area (Å²) in [5, 5.41) is 18.2. The van der Waals surface area contributed by atoms with E-state index < -0.39 is 19.5 Å². The predicted molar refractivity (Wildman–Crippen MR) is 50.8 cm³/mol. The highest BCUT2D eigenvalue weighted by atomic mass is 16.5. The number of nitrogens with zero attached hydrogens (tertiary/aromatic N) is 2. The molecule has 1 aromatic heterocycles. The molecule has 0 radical (unpaired) electrons. The van der Waals surface area contributed by atoms with E-state index in [1.807, 2.05) is 0 Å². The van der Waals surface area contributed by atoms with Crippen LogP contribution in [0.2, 0.25) is 0 Å². The fraction of sp³-hybridized carbons (Fsp3) is 0.400. The Labute approximate surface area is 89.8 Å². The summed E-state index contributed by atoms with van der Waals surface area (Å²) in [6.45, 7) is -4.53. The SMILES string of the molecule is [2H]C([2H])([2H])C([2H])([2H])Oc1cc(C(C)O)ncc1C#N. The van der Waals surface area contributed by atoms with Crippen molar-refractivity contribution < 1.29 is 16.7 Å². The number of hydrogen-bond acceptors (Lipinski definition) is 4. The van der Waals surface area contributed by atoms with Gasteiger partial charge in [-0.05, 0) is 13.8 Å². The van der Waals surface area contributed by atoms with Crippen molar-refractivity contribution >= 4 is 0 Å². The van der Waals surface area contributed by atoms with Gasteiger partial charge in [-0.15, -0.1) is 0 Å². The van der Waals surface area contributed by atoms with E-state index in [4.69, 9.17) is 16.9 Å². The van der Waals surface area contributed by atoms with Crippen molar-refractivity contribution in [1.82, 2.24) is 4.98 Å². The molecule has 0 aromatic carbocycles. The first-order chi connectivity index (χ1) is 8.58. The van der Waals surface area contributed by atoms with Crippen molar-refractivity contribution in [3.05, 3.63) is 23.5 Å². The number of ether oxygens (including phenoxy) is 1. The number of hydrogen-bond donors (Lipinski definition) is 1. The standard InChI is InChI=1S/C10H12N2O2/c1-3-14-10-4-9(7(2)13)12-6-8(10)5-11/h4,6-7,13H,3H2,1-2H3/i1D3,3D2. The molecule has 0 aliphatic carbocycles. The van der Waals surface area contributed by atoms with Crippen LogP contribution in [0, 0.1) is 11.3 Å². The number of aliphatic hydroxyl groups is 1. The molecule has 0 fully saturated rings. The Bertz CT molecular complexity index is 508. The van der Waals surface area contributed by atoms with Gasteiger partial charge in [0.25, 0.3) is 0 Å². The molecule has 0 saturated carbocycles. The molecule has 1 atom stereocenters. The van der Waals surface area contributed by atoms with E-state index in [1.165, 1.54) is 6.92 Å². The van der Waals surface area contributed by atoms with Gasteiger partial charge in [0.05, 0.1) is 21.1 Å². The first-order valence-electron chi connectivity index (χ1n) is 6.35. The molecule has 0 aliphatic rings. The number of rotatable bonds is 3. The van der Waals surface area contributed by atoms with Gasteiger partial charge in [0, 0.05) is 16.4 Å². The molecule has 0 saturated heterocycles. The van der Waals surface area contributed by atoms with Gasteiger partial charge >= 0.3 is 0 Å². The van der Waals surface area contributed by atoms with Gasteiger partial charge in [0.1, 0.15) is 17.4 Å². The van der Waals surface area contributed by atoms with E-state index in [9.17, 15) is 5.11 Å². The summed E-state index contributed by atoms with van der Waals surface area (Å²) in [5.41, 5.74) is 0.0351. The minimum atomic E-state index is -3.01. The molecule has 4 nitrogen and oxygen atoms in total.